The summed E-state index contributed by atoms with van der Waals surface area (Å²) in [5, 5.41) is 3.39. The molecular formula is C19H18N4O. The van der Waals surface area contributed by atoms with E-state index in [1.807, 2.05) is 37.3 Å². The van der Waals surface area contributed by atoms with Gasteiger partial charge in [-0.2, -0.15) is 0 Å². The summed E-state index contributed by atoms with van der Waals surface area (Å²) in [5.41, 5.74) is 4.02. The molecule has 24 heavy (non-hydrogen) atoms. The number of nitrogens with zero attached hydrogens (tertiary/aromatic N) is 2. The van der Waals surface area contributed by atoms with E-state index in [4.69, 9.17) is 4.42 Å². The van der Waals surface area contributed by atoms with Crippen molar-refractivity contribution < 1.29 is 4.42 Å². The van der Waals surface area contributed by atoms with Crippen LogP contribution in [0, 0.1) is 6.92 Å². The van der Waals surface area contributed by atoms with E-state index in [0.717, 1.165) is 52.7 Å². The van der Waals surface area contributed by atoms with Gasteiger partial charge < -0.3 is 14.7 Å². The van der Waals surface area contributed by atoms with Crippen LogP contribution >= 0.6 is 0 Å². The molecule has 120 valence electrons. The third-order valence-electron chi connectivity index (χ3n) is 3.92. The average molecular weight is 318 g/mol. The molecule has 3 aromatic heterocycles. The summed E-state index contributed by atoms with van der Waals surface area (Å²) in [6.07, 6.45) is 2.50. The summed E-state index contributed by atoms with van der Waals surface area (Å²) in [6.45, 7) is 2.66. The zero-order chi connectivity index (χ0) is 16.4. The molecule has 0 fully saturated rings. The lowest BCUT2D eigenvalue weighted by atomic mass is 10.2. The quantitative estimate of drug-likeness (QED) is 0.579. The molecule has 0 bridgehead atoms. The number of fused-ring (bicyclic) bond motifs is 1. The van der Waals surface area contributed by atoms with Crippen molar-refractivity contribution in [3.05, 3.63) is 66.4 Å². The van der Waals surface area contributed by atoms with E-state index in [2.05, 4.69) is 38.5 Å². The van der Waals surface area contributed by atoms with Crippen molar-refractivity contribution in [1.29, 1.82) is 0 Å². The van der Waals surface area contributed by atoms with Crippen molar-refractivity contribution in [2.75, 3.05) is 11.9 Å². The van der Waals surface area contributed by atoms with Crippen LogP contribution in [0.25, 0.3) is 22.3 Å². The lowest BCUT2D eigenvalue weighted by Crippen LogP contribution is -2.07. The second-order valence-electron chi connectivity index (χ2n) is 5.68. The minimum Gasteiger partial charge on any atom is -0.469 e. The van der Waals surface area contributed by atoms with Crippen LogP contribution in [0.15, 0.2) is 59.2 Å². The summed E-state index contributed by atoms with van der Waals surface area (Å²) < 4.78 is 5.36. The highest BCUT2D eigenvalue weighted by atomic mass is 16.3. The third kappa shape index (κ3) is 2.88. The first kappa shape index (κ1) is 14.5. The van der Waals surface area contributed by atoms with Crippen molar-refractivity contribution in [2.24, 2.45) is 0 Å². The van der Waals surface area contributed by atoms with Gasteiger partial charge in [0.05, 0.1) is 11.8 Å². The minimum atomic E-state index is 0.749. The van der Waals surface area contributed by atoms with Crippen LogP contribution in [-0.2, 0) is 6.42 Å². The van der Waals surface area contributed by atoms with Crippen LogP contribution in [0.4, 0.5) is 5.82 Å². The maximum absolute atomic E-state index is 5.36. The molecule has 0 aliphatic heterocycles. The van der Waals surface area contributed by atoms with E-state index in [1.165, 1.54) is 0 Å². The van der Waals surface area contributed by atoms with Crippen molar-refractivity contribution in [2.45, 2.75) is 13.3 Å². The number of hydrogen-bond acceptors (Lipinski definition) is 4. The van der Waals surface area contributed by atoms with Gasteiger partial charge in [-0.15, -0.1) is 0 Å². The Morgan fingerprint density at radius 2 is 1.96 bits per heavy atom. The summed E-state index contributed by atoms with van der Waals surface area (Å²) in [6, 6.07) is 16.2. The second-order valence-corrected chi connectivity index (χ2v) is 5.68. The fourth-order valence-electron chi connectivity index (χ4n) is 2.79. The van der Waals surface area contributed by atoms with Gasteiger partial charge in [-0.05, 0) is 30.7 Å². The fourth-order valence-corrected chi connectivity index (χ4v) is 2.79. The highest BCUT2D eigenvalue weighted by Gasteiger charge is 2.10. The maximum atomic E-state index is 5.36. The van der Waals surface area contributed by atoms with Crippen molar-refractivity contribution >= 4 is 16.9 Å². The minimum absolute atomic E-state index is 0.749. The van der Waals surface area contributed by atoms with E-state index in [1.54, 1.807) is 6.26 Å². The summed E-state index contributed by atoms with van der Waals surface area (Å²) in [7, 11) is 0. The molecule has 1 aromatic carbocycles. The van der Waals surface area contributed by atoms with Crippen LogP contribution in [0.2, 0.25) is 0 Å². The second kappa shape index (κ2) is 6.20. The van der Waals surface area contributed by atoms with Crippen LogP contribution in [0.1, 0.15) is 11.6 Å². The van der Waals surface area contributed by atoms with Crippen LogP contribution in [0.3, 0.4) is 0 Å². The molecule has 0 saturated carbocycles. The standard InChI is InChI=1S/C19H18N4O/c1-13-21-17-12-16(14-6-3-2-4-7-14)23-18(17)19(22-13)20-10-9-15-8-5-11-24-15/h2-8,11-12,23H,9-10H2,1H3,(H,20,21,22). The Kier molecular flexibility index (Phi) is 3.75. The SMILES string of the molecule is Cc1nc(NCCc2ccco2)c2[nH]c(-c3ccccc3)cc2n1. The molecule has 0 amide bonds. The summed E-state index contributed by atoms with van der Waals surface area (Å²) >= 11 is 0. The van der Waals surface area contributed by atoms with E-state index >= 15 is 0 Å². The first-order chi connectivity index (χ1) is 11.8. The number of rotatable bonds is 5. The Bertz CT molecular complexity index is 942. The number of aryl methyl sites for hydroxylation is 1. The zero-order valence-electron chi connectivity index (χ0n) is 13.4. The van der Waals surface area contributed by atoms with Gasteiger partial charge in [0.2, 0.25) is 0 Å². The molecule has 2 N–H and O–H groups in total. The third-order valence-corrected chi connectivity index (χ3v) is 3.92. The van der Waals surface area contributed by atoms with Crippen molar-refractivity contribution in [3.63, 3.8) is 0 Å². The van der Waals surface area contributed by atoms with Gasteiger partial charge in [0.1, 0.15) is 17.1 Å². The largest absolute Gasteiger partial charge is 0.469 e. The van der Waals surface area contributed by atoms with E-state index in [9.17, 15) is 0 Å². The van der Waals surface area contributed by atoms with Gasteiger partial charge in [-0.1, -0.05) is 30.3 Å². The van der Waals surface area contributed by atoms with E-state index in [-0.39, 0.29) is 0 Å². The number of aromatic amines is 1. The predicted octanol–water partition coefficient (Wildman–Crippen LogP) is 4.18. The average Bonchev–Trinajstić information content (AvgIpc) is 3.25. The number of anilines is 1. The monoisotopic (exact) mass is 318 g/mol. The smallest absolute Gasteiger partial charge is 0.154 e. The number of H-pyrrole nitrogens is 1. The summed E-state index contributed by atoms with van der Waals surface area (Å²) in [4.78, 5) is 12.5. The number of nitrogens with one attached hydrogen (secondary N) is 2. The van der Waals surface area contributed by atoms with Gasteiger partial charge >= 0.3 is 0 Å². The van der Waals surface area contributed by atoms with Gasteiger partial charge in [-0.25, -0.2) is 9.97 Å². The highest BCUT2D eigenvalue weighted by Crippen LogP contribution is 2.26. The van der Waals surface area contributed by atoms with Crippen LogP contribution in [0.5, 0.6) is 0 Å². The lowest BCUT2D eigenvalue weighted by molar-refractivity contribution is 0.513. The molecular weight excluding hydrogens is 300 g/mol. The van der Waals surface area contributed by atoms with E-state index < -0.39 is 0 Å². The number of benzene rings is 1. The molecule has 0 aliphatic carbocycles. The molecule has 0 radical (unpaired) electrons. The number of hydrogen-bond donors (Lipinski definition) is 2. The van der Waals surface area contributed by atoms with Gasteiger partial charge in [0.25, 0.3) is 0 Å². The topological polar surface area (TPSA) is 66.7 Å². The summed E-state index contributed by atoms with van der Waals surface area (Å²) in [5.74, 6) is 2.54. The molecule has 0 saturated heterocycles. The zero-order valence-corrected chi connectivity index (χ0v) is 13.4. The molecule has 0 unspecified atom stereocenters. The molecule has 5 heteroatoms. The van der Waals surface area contributed by atoms with Crippen molar-refractivity contribution in [3.8, 4) is 11.3 Å². The Hall–Kier alpha value is -3.08. The molecule has 4 aromatic rings. The van der Waals surface area contributed by atoms with Gasteiger partial charge in [-0.3, -0.25) is 0 Å². The Balaban J connectivity index is 1.63. The molecule has 0 spiro atoms. The Morgan fingerprint density at radius 1 is 1.08 bits per heavy atom. The molecule has 0 atom stereocenters. The Morgan fingerprint density at radius 3 is 2.75 bits per heavy atom. The highest BCUT2D eigenvalue weighted by molar-refractivity contribution is 5.90. The van der Waals surface area contributed by atoms with Gasteiger partial charge in [0, 0.05) is 18.7 Å². The number of aromatic nitrogens is 3. The molecule has 0 aliphatic rings. The van der Waals surface area contributed by atoms with Crippen molar-refractivity contribution in [1.82, 2.24) is 15.0 Å². The Labute approximate surface area is 139 Å². The first-order valence-electron chi connectivity index (χ1n) is 7.98. The number of furan rings is 1. The molecule has 3 heterocycles. The first-order valence-corrected chi connectivity index (χ1v) is 7.98. The van der Waals surface area contributed by atoms with E-state index in [0.29, 0.717) is 0 Å². The molecule has 5 nitrogen and oxygen atoms in total. The molecule has 4 rings (SSSR count). The predicted molar refractivity (Wildman–Crippen MR) is 95.0 cm³/mol. The van der Waals surface area contributed by atoms with Crippen LogP contribution in [-0.4, -0.2) is 21.5 Å². The lowest BCUT2D eigenvalue weighted by Gasteiger charge is -2.06. The normalized spacial score (nSPS) is 11.0. The van der Waals surface area contributed by atoms with Crippen LogP contribution < -0.4 is 5.32 Å². The fraction of sp³-hybridized carbons (Fsp3) is 0.158. The maximum Gasteiger partial charge on any atom is 0.154 e. The van der Waals surface area contributed by atoms with Gasteiger partial charge in [0.15, 0.2) is 5.82 Å².